The number of nitrogens with zero attached hydrogens (tertiary/aromatic N) is 3. The van der Waals surface area contributed by atoms with Gasteiger partial charge in [-0.1, -0.05) is 42.3 Å². The number of aromatic amines is 1. The molecule has 0 atom stereocenters. The fourth-order valence-electron chi connectivity index (χ4n) is 4.41. The Balaban J connectivity index is 1.22. The number of Topliss-reactive ketones (excluding diaryl/α,β-unsaturated/α-hetero) is 1. The van der Waals surface area contributed by atoms with E-state index < -0.39 is 0 Å². The predicted octanol–water partition coefficient (Wildman–Crippen LogP) is 3.78. The highest BCUT2D eigenvalue weighted by Gasteiger charge is 2.17. The first-order chi connectivity index (χ1) is 18.1. The van der Waals surface area contributed by atoms with E-state index in [0.29, 0.717) is 31.7 Å². The number of morpholine rings is 1. The smallest absolute Gasteiger partial charge is 0.300 e. The van der Waals surface area contributed by atoms with Crippen LogP contribution < -0.4 is 10.2 Å². The van der Waals surface area contributed by atoms with Gasteiger partial charge in [-0.05, 0) is 47.7 Å². The number of hydrogen-bond donors (Lipinski definition) is 2. The molecule has 0 unspecified atom stereocenters. The minimum Gasteiger partial charge on any atom is -0.378 e. The van der Waals surface area contributed by atoms with Crippen LogP contribution in [0.5, 0.6) is 0 Å². The Labute approximate surface area is 215 Å². The number of carbonyl (C=O) groups is 2. The highest BCUT2D eigenvalue weighted by molar-refractivity contribution is 6.03. The number of amides is 1. The number of aromatic nitrogens is 3. The van der Waals surface area contributed by atoms with Crippen molar-refractivity contribution in [3.8, 4) is 23.1 Å². The number of carbonyl (C=O) groups excluding carboxylic acids is 2. The molecule has 0 saturated carbocycles. The van der Waals surface area contributed by atoms with Crippen LogP contribution in [0.1, 0.15) is 18.1 Å². The van der Waals surface area contributed by atoms with E-state index in [1.807, 2.05) is 36.4 Å². The van der Waals surface area contributed by atoms with E-state index in [-0.39, 0.29) is 11.7 Å². The van der Waals surface area contributed by atoms with Gasteiger partial charge in [0.1, 0.15) is 23.6 Å². The van der Waals surface area contributed by atoms with Crippen LogP contribution in [0.4, 0.5) is 11.5 Å². The van der Waals surface area contributed by atoms with E-state index in [1.54, 1.807) is 25.4 Å². The normalized spacial score (nSPS) is 13.2. The second-order valence-electron chi connectivity index (χ2n) is 8.86. The van der Waals surface area contributed by atoms with Gasteiger partial charge in [0.2, 0.25) is 0 Å². The first kappa shape index (κ1) is 24.2. The Morgan fingerprint density at radius 3 is 2.35 bits per heavy atom. The fraction of sp³-hybridized carbons (Fsp3) is 0.241. The van der Waals surface area contributed by atoms with Crippen LogP contribution in [0.3, 0.4) is 0 Å². The lowest BCUT2D eigenvalue weighted by molar-refractivity contribution is -0.117. The maximum absolute atomic E-state index is 12.7. The van der Waals surface area contributed by atoms with Crippen molar-refractivity contribution in [2.75, 3.05) is 36.5 Å². The number of H-pyrrole nitrogens is 1. The average Bonchev–Trinajstić information content (AvgIpc) is 3.35. The lowest BCUT2D eigenvalue weighted by atomic mass is 10.0. The van der Waals surface area contributed by atoms with E-state index >= 15 is 0 Å². The lowest BCUT2D eigenvalue weighted by Gasteiger charge is -2.27. The van der Waals surface area contributed by atoms with E-state index in [2.05, 4.69) is 43.1 Å². The van der Waals surface area contributed by atoms with Crippen molar-refractivity contribution in [1.29, 1.82) is 0 Å². The molecule has 2 N–H and O–H groups in total. The van der Waals surface area contributed by atoms with Crippen molar-refractivity contribution in [2.45, 2.75) is 19.8 Å². The lowest BCUT2D eigenvalue weighted by Crippen LogP contribution is -2.36. The zero-order valence-electron chi connectivity index (χ0n) is 20.6. The van der Waals surface area contributed by atoms with Crippen molar-refractivity contribution in [2.24, 2.45) is 0 Å². The molecule has 8 nitrogen and oxygen atoms in total. The molecule has 1 aliphatic heterocycles. The highest BCUT2D eigenvalue weighted by Crippen LogP contribution is 2.29. The second-order valence-corrected chi connectivity index (χ2v) is 8.86. The summed E-state index contributed by atoms with van der Waals surface area (Å²) in [4.78, 5) is 38.8. The summed E-state index contributed by atoms with van der Waals surface area (Å²) in [5.41, 5.74) is 5.29. The molecule has 2 aromatic carbocycles. The van der Waals surface area contributed by atoms with Crippen molar-refractivity contribution in [3.63, 3.8) is 0 Å². The van der Waals surface area contributed by atoms with Gasteiger partial charge in [-0.2, -0.15) is 0 Å². The minimum atomic E-state index is -0.354. The molecule has 0 spiro atoms. The zero-order chi connectivity index (χ0) is 25.6. The average molecular weight is 494 g/mol. The molecule has 1 fully saturated rings. The molecule has 3 heterocycles. The fourth-order valence-corrected chi connectivity index (χ4v) is 4.41. The van der Waals surface area contributed by atoms with Gasteiger partial charge < -0.3 is 19.9 Å². The maximum Gasteiger partial charge on any atom is 0.300 e. The first-order valence-electron chi connectivity index (χ1n) is 12.2. The van der Waals surface area contributed by atoms with Crippen LogP contribution in [0.2, 0.25) is 0 Å². The van der Waals surface area contributed by atoms with Crippen LogP contribution in [0.15, 0.2) is 60.9 Å². The molecule has 1 amide bonds. The number of fused-ring (bicyclic) bond motifs is 1. The summed E-state index contributed by atoms with van der Waals surface area (Å²) >= 11 is 0. The van der Waals surface area contributed by atoms with E-state index in [4.69, 9.17) is 4.74 Å². The van der Waals surface area contributed by atoms with Crippen molar-refractivity contribution < 1.29 is 14.3 Å². The molecule has 0 aliphatic carbocycles. The van der Waals surface area contributed by atoms with Gasteiger partial charge in [-0.3, -0.25) is 9.59 Å². The Morgan fingerprint density at radius 1 is 1.00 bits per heavy atom. The van der Waals surface area contributed by atoms with Crippen LogP contribution in [0, 0.1) is 11.8 Å². The molecule has 0 radical (unpaired) electrons. The van der Waals surface area contributed by atoms with Gasteiger partial charge in [0.15, 0.2) is 0 Å². The summed E-state index contributed by atoms with van der Waals surface area (Å²) in [6.45, 7) is 4.62. The van der Waals surface area contributed by atoms with Crippen molar-refractivity contribution in [3.05, 3.63) is 72.1 Å². The van der Waals surface area contributed by atoms with Gasteiger partial charge in [0.25, 0.3) is 5.91 Å². The van der Waals surface area contributed by atoms with Gasteiger partial charge in [0, 0.05) is 37.3 Å². The third-order valence-electron chi connectivity index (χ3n) is 6.23. The first-order valence-corrected chi connectivity index (χ1v) is 12.2. The monoisotopic (exact) mass is 493 g/mol. The van der Waals surface area contributed by atoms with Crippen LogP contribution >= 0.6 is 0 Å². The summed E-state index contributed by atoms with van der Waals surface area (Å²) in [7, 11) is 0. The Kier molecular flexibility index (Phi) is 7.24. The highest BCUT2D eigenvalue weighted by atomic mass is 16.5. The summed E-state index contributed by atoms with van der Waals surface area (Å²) < 4.78 is 5.47. The SMILES string of the molecule is CC#CC(=O)Nc1ccc(CC(=O)Cc2ccc(-c3cc4c(N5CCOCC5)ncnc4[nH]3)cc2)cc1. The molecule has 4 aromatic rings. The number of benzene rings is 2. The molecular weight excluding hydrogens is 466 g/mol. The van der Waals surface area contributed by atoms with E-state index in [1.165, 1.54) is 0 Å². The van der Waals surface area contributed by atoms with Gasteiger partial charge in [-0.15, -0.1) is 0 Å². The molecule has 186 valence electrons. The topological polar surface area (TPSA) is 100 Å². The third-order valence-corrected chi connectivity index (χ3v) is 6.23. The van der Waals surface area contributed by atoms with Crippen LogP contribution in [-0.2, 0) is 27.2 Å². The number of anilines is 2. The minimum absolute atomic E-state index is 0.123. The van der Waals surface area contributed by atoms with Gasteiger partial charge in [-0.25, -0.2) is 9.97 Å². The molecule has 1 saturated heterocycles. The Bertz CT molecular complexity index is 1470. The Hall–Kier alpha value is -4.48. The number of ether oxygens (including phenoxy) is 1. The van der Waals surface area contributed by atoms with Gasteiger partial charge >= 0.3 is 0 Å². The molecule has 8 heteroatoms. The Morgan fingerprint density at radius 2 is 1.68 bits per heavy atom. The third kappa shape index (κ3) is 5.85. The van der Waals surface area contributed by atoms with Gasteiger partial charge in [0.05, 0.1) is 18.6 Å². The second kappa shape index (κ2) is 11.1. The van der Waals surface area contributed by atoms with Crippen molar-refractivity contribution in [1.82, 2.24) is 15.0 Å². The number of rotatable bonds is 7. The largest absolute Gasteiger partial charge is 0.378 e. The quantitative estimate of drug-likeness (QED) is 0.380. The summed E-state index contributed by atoms with van der Waals surface area (Å²) in [6, 6.07) is 17.4. The summed E-state index contributed by atoms with van der Waals surface area (Å²) in [5, 5.41) is 3.68. The zero-order valence-corrected chi connectivity index (χ0v) is 20.6. The molecule has 5 rings (SSSR count). The van der Waals surface area contributed by atoms with Crippen molar-refractivity contribution >= 4 is 34.2 Å². The maximum atomic E-state index is 12.7. The predicted molar refractivity (Wildman–Crippen MR) is 143 cm³/mol. The van der Waals surface area contributed by atoms with E-state index in [9.17, 15) is 9.59 Å². The number of hydrogen-bond acceptors (Lipinski definition) is 6. The molecule has 37 heavy (non-hydrogen) atoms. The van der Waals surface area contributed by atoms with Crippen LogP contribution in [0.25, 0.3) is 22.3 Å². The molecule has 0 bridgehead atoms. The molecule has 2 aromatic heterocycles. The number of nitrogens with one attached hydrogen (secondary N) is 2. The van der Waals surface area contributed by atoms with E-state index in [0.717, 1.165) is 52.3 Å². The molecule has 1 aliphatic rings. The molecular formula is C29H27N5O3. The summed E-state index contributed by atoms with van der Waals surface area (Å²) in [6.07, 6.45) is 2.27. The van der Waals surface area contributed by atoms with Crippen LogP contribution in [-0.4, -0.2) is 52.9 Å². The summed E-state index contributed by atoms with van der Waals surface area (Å²) in [5.74, 6) is 5.69. The standard InChI is InChI=1S/C29H27N5O3/c1-2-3-27(36)32-23-10-6-21(7-11-23)17-24(35)16-20-4-8-22(9-5-20)26-18-25-28(33-26)30-19-31-29(25)34-12-14-37-15-13-34/h4-11,18-19H,12-17H2,1H3,(H,32,36)(H,30,31,33). The number of ketones is 1.